The highest BCUT2D eigenvalue weighted by molar-refractivity contribution is 5.69. The molecule has 118 valence electrons. The van der Waals surface area contributed by atoms with Gasteiger partial charge < -0.3 is 9.84 Å². The predicted molar refractivity (Wildman–Crippen MR) is 71.4 cm³/mol. The number of hydrogen-bond acceptors (Lipinski definition) is 3. The van der Waals surface area contributed by atoms with Crippen molar-refractivity contribution in [1.82, 2.24) is 4.90 Å². The van der Waals surface area contributed by atoms with Crippen molar-refractivity contribution in [2.45, 2.75) is 25.6 Å². The summed E-state index contributed by atoms with van der Waals surface area (Å²) < 4.78 is 42.5. The molecule has 0 radical (unpaired) electrons. The number of rotatable bonds is 7. The number of hydrogen-bond donors (Lipinski definition) is 1. The monoisotopic (exact) mass is 305 g/mol. The lowest BCUT2D eigenvalue weighted by Gasteiger charge is -2.28. The maximum absolute atomic E-state index is 12.5. The Labute approximate surface area is 121 Å². The molecule has 0 bridgehead atoms. The molecule has 0 aromatic heterocycles. The number of alkyl halides is 3. The number of carboxylic acid groups (broad SMARTS) is 1. The number of nitrogens with zero attached hydrogens (tertiary/aromatic N) is 1. The molecule has 0 saturated heterocycles. The number of carboxylic acids is 1. The molecule has 0 saturated carbocycles. The van der Waals surface area contributed by atoms with Crippen molar-refractivity contribution in [3.05, 3.63) is 29.8 Å². The molecule has 21 heavy (non-hydrogen) atoms. The summed E-state index contributed by atoms with van der Waals surface area (Å²) in [5.74, 6) is -0.620. The van der Waals surface area contributed by atoms with Gasteiger partial charge in [0.25, 0.3) is 0 Å². The second-order valence-electron chi connectivity index (χ2n) is 4.82. The van der Waals surface area contributed by atoms with E-state index in [0.717, 1.165) is 10.5 Å². The SMILES string of the molecule is COc1ccc(CC(C)N(CC(=O)O)CC(F)(F)F)cc1. The molecular weight excluding hydrogens is 287 g/mol. The Bertz CT molecular complexity index is 460. The first-order chi connectivity index (χ1) is 9.71. The molecule has 1 aromatic rings. The zero-order valence-corrected chi connectivity index (χ0v) is 11.9. The zero-order valence-electron chi connectivity index (χ0n) is 11.9. The summed E-state index contributed by atoms with van der Waals surface area (Å²) in [6.45, 7) is -0.299. The molecule has 1 N–H and O–H groups in total. The zero-order chi connectivity index (χ0) is 16.0. The maximum Gasteiger partial charge on any atom is 0.401 e. The fourth-order valence-corrected chi connectivity index (χ4v) is 2.00. The van der Waals surface area contributed by atoms with Gasteiger partial charge in [-0.05, 0) is 31.0 Å². The molecule has 0 spiro atoms. The number of halogens is 3. The summed E-state index contributed by atoms with van der Waals surface area (Å²) in [4.78, 5) is 11.6. The van der Waals surface area contributed by atoms with E-state index in [1.165, 1.54) is 7.11 Å². The van der Waals surface area contributed by atoms with Gasteiger partial charge in [-0.15, -0.1) is 0 Å². The van der Waals surface area contributed by atoms with Gasteiger partial charge in [-0.3, -0.25) is 9.69 Å². The van der Waals surface area contributed by atoms with Crippen molar-refractivity contribution in [2.75, 3.05) is 20.2 Å². The van der Waals surface area contributed by atoms with Crippen LogP contribution in [0.25, 0.3) is 0 Å². The van der Waals surface area contributed by atoms with E-state index in [-0.39, 0.29) is 0 Å². The van der Waals surface area contributed by atoms with Crippen molar-refractivity contribution in [3.8, 4) is 5.75 Å². The van der Waals surface area contributed by atoms with E-state index in [9.17, 15) is 18.0 Å². The highest BCUT2D eigenvalue weighted by Crippen LogP contribution is 2.20. The lowest BCUT2D eigenvalue weighted by Crippen LogP contribution is -2.44. The summed E-state index contributed by atoms with van der Waals surface area (Å²) in [5, 5.41) is 8.74. The van der Waals surface area contributed by atoms with Crippen LogP contribution in [0, 0.1) is 0 Å². The van der Waals surface area contributed by atoms with Crippen molar-refractivity contribution in [3.63, 3.8) is 0 Å². The van der Waals surface area contributed by atoms with Crippen LogP contribution in [0.2, 0.25) is 0 Å². The average Bonchev–Trinajstić information content (AvgIpc) is 2.36. The minimum Gasteiger partial charge on any atom is -0.497 e. The maximum atomic E-state index is 12.5. The quantitative estimate of drug-likeness (QED) is 0.841. The minimum absolute atomic E-state index is 0.327. The van der Waals surface area contributed by atoms with Crippen LogP contribution in [0.4, 0.5) is 13.2 Å². The van der Waals surface area contributed by atoms with Crippen LogP contribution in [-0.2, 0) is 11.2 Å². The van der Waals surface area contributed by atoms with Crippen LogP contribution in [-0.4, -0.2) is 48.4 Å². The van der Waals surface area contributed by atoms with E-state index in [1.54, 1.807) is 31.2 Å². The Kier molecular flexibility index (Phi) is 6.02. The molecule has 1 aromatic carbocycles. The molecule has 4 nitrogen and oxygen atoms in total. The molecule has 0 amide bonds. The molecule has 1 unspecified atom stereocenters. The number of ether oxygens (including phenoxy) is 1. The first-order valence-corrected chi connectivity index (χ1v) is 6.37. The van der Waals surface area contributed by atoms with Gasteiger partial charge in [-0.2, -0.15) is 13.2 Å². The highest BCUT2D eigenvalue weighted by atomic mass is 19.4. The molecule has 0 fully saturated rings. The fraction of sp³-hybridized carbons (Fsp3) is 0.500. The van der Waals surface area contributed by atoms with E-state index >= 15 is 0 Å². The van der Waals surface area contributed by atoms with Crippen LogP contribution < -0.4 is 4.74 Å². The van der Waals surface area contributed by atoms with Gasteiger partial charge in [0.15, 0.2) is 0 Å². The lowest BCUT2D eigenvalue weighted by atomic mass is 10.1. The second-order valence-corrected chi connectivity index (χ2v) is 4.82. The number of carbonyl (C=O) groups is 1. The van der Waals surface area contributed by atoms with Gasteiger partial charge in [-0.25, -0.2) is 0 Å². The van der Waals surface area contributed by atoms with Crippen molar-refractivity contribution < 1.29 is 27.8 Å². The standard InChI is InChI=1S/C14H18F3NO3/c1-10(7-11-3-5-12(21-2)6-4-11)18(8-13(19)20)9-14(15,16)17/h3-6,10H,7-9H2,1-2H3,(H,19,20). The lowest BCUT2D eigenvalue weighted by molar-refractivity contribution is -0.157. The molecular formula is C14H18F3NO3. The first-order valence-electron chi connectivity index (χ1n) is 6.37. The minimum atomic E-state index is -4.43. The second kappa shape index (κ2) is 7.31. The highest BCUT2D eigenvalue weighted by Gasteiger charge is 2.33. The van der Waals surface area contributed by atoms with Gasteiger partial charge in [0.2, 0.25) is 0 Å². The van der Waals surface area contributed by atoms with Crippen LogP contribution in [0.3, 0.4) is 0 Å². The summed E-state index contributed by atoms with van der Waals surface area (Å²) in [5.41, 5.74) is 0.820. The number of aliphatic carboxylic acids is 1. The first kappa shape index (κ1) is 17.3. The number of methoxy groups -OCH3 is 1. The predicted octanol–water partition coefficient (Wildman–Crippen LogP) is 2.58. The normalized spacial score (nSPS) is 13.2. The third kappa shape index (κ3) is 6.48. The Morgan fingerprint density at radius 2 is 1.90 bits per heavy atom. The molecule has 0 aliphatic carbocycles. The van der Waals surface area contributed by atoms with Gasteiger partial charge in [-0.1, -0.05) is 12.1 Å². The average molecular weight is 305 g/mol. The van der Waals surface area contributed by atoms with Gasteiger partial charge in [0.1, 0.15) is 5.75 Å². The third-order valence-electron chi connectivity index (χ3n) is 3.03. The summed E-state index contributed by atoms with van der Waals surface area (Å²) in [6.07, 6.45) is -4.10. The summed E-state index contributed by atoms with van der Waals surface area (Å²) in [7, 11) is 1.52. The van der Waals surface area contributed by atoms with Crippen LogP contribution >= 0.6 is 0 Å². The van der Waals surface area contributed by atoms with Crippen molar-refractivity contribution in [1.29, 1.82) is 0 Å². The molecule has 1 atom stereocenters. The van der Waals surface area contributed by atoms with Crippen molar-refractivity contribution in [2.24, 2.45) is 0 Å². The summed E-state index contributed by atoms with van der Waals surface area (Å²) in [6, 6.07) is 6.39. The summed E-state index contributed by atoms with van der Waals surface area (Å²) >= 11 is 0. The topological polar surface area (TPSA) is 49.8 Å². The Balaban J connectivity index is 2.74. The smallest absolute Gasteiger partial charge is 0.401 e. The van der Waals surface area contributed by atoms with Gasteiger partial charge in [0.05, 0.1) is 20.2 Å². The van der Waals surface area contributed by atoms with Crippen molar-refractivity contribution >= 4 is 5.97 Å². The van der Waals surface area contributed by atoms with Crippen LogP contribution in [0.5, 0.6) is 5.75 Å². The van der Waals surface area contributed by atoms with E-state index in [0.29, 0.717) is 12.2 Å². The molecule has 0 aliphatic heterocycles. The van der Waals surface area contributed by atoms with Gasteiger partial charge >= 0.3 is 12.1 Å². The molecule has 1 rings (SSSR count). The molecule has 0 aliphatic rings. The van der Waals surface area contributed by atoms with Crippen LogP contribution in [0.1, 0.15) is 12.5 Å². The number of benzene rings is 1. The Hall–Kier alpha value is -1.76. The van der Waals surface area contributed by atoms with E-state index in [2.05, 4.69) is 0 Å². The van der Waals surface area contributed by atoms with Gasteiger partial charge in [0, 0.05) is 6.04 Å². The van der Waals surface area contributed by atoms with Crippen LogP contribution in [0.15, 0.2) is 24.3 Å². The van der Waals surface area contributed by atoms with E-state index in [1.807, 2.05) is 0 Å². The van der Waals surface area contributed by atoms with E-state index < -0.39 is 31.3 Å². The Morgan fingerprint density at radius 3 is 2.33 bits per heavy atom. The molecule has 0 heterocycles. The Morgan fingerprint density at radius 1 is 1.33 bits per heavy atom. The van der Waals surface area contributed by atoms with E-state index in [4.69, 9.17) is 9.84 Å². The third-order valence-corrected chi connectivity index (χ3v) is 3.03. The molecule has 7 heteroatoms. The fourth-order valence-electron chi connectivity index (χ4n) is 2.00. The largest absolute Gasteiger partial charge is 0.497 e.